The summed E-state index contributed by atoms with van der Waals surface area (Å²) in [6, 6.07) is 0. The average molecular weight is 231 g/mol. The topological polar surface area (TPSA) is 88.1 Å². The number of nitrogens with two attached hydrogens (primary N) is 1. The highest BCUT2D eigenvalue weighted by Crippen LogP contribution is 2.02. The first-order valence-electron chi connectivity index (χ1n) is 5.30. The lowest BCUT2D eigenvalue weighted by Crippen LogP contribution is -2.39. The number of hydrogen-bond acceptors (Lipinski definition) is 4. The summed E-state index contributed by atoms with van der Waals surface area (Å²) in [4.78, 5) is 13.4. The summed E-state index contributed by atoms with van der Waals surface area (Å²) < 4.78 is 4.84. The molecule has 0 aliphatic heterocycles. The van der Waals surface area contributed by atoms with E-state index in [1.165, 1.54) is 0 Å². The number of carbonyl (C=O) groups excluding carboxylic acids is 1. The van der Waals surface area contributed by atoms with Crippen LogP contribution >= 0.6 is 0 Å². The van der Waals surface area contributed by atoms with E-state index in [1.807, 2.05) is 6.92 Å². The van der Waals surface area contributed by atoms with Crippen LogP contribution in [0.25, 0.3) is 0 Å². The Morgan fingerprint density at radius 2 is 2.25 bits per heavy atom. The van der Waals surface area contributed by atoms with Crippen molar-refractivity contribution in [2.24, 2.45) is 16.8 Å². The van der Waals surface area contributed by atoms with Gasteiger partial charge in [-0.25, -0.2) is 0 Å². The zero-order valence-corrected chi connectivity index (χ0v) is 10.1. The highest BCUT2D eigenvalue weighted by molar-refractivity contribution is 5.83. The van der Waals surface area contributed by atoms with Gasteiger partial charge in [-0.05, 0) is 6.92 Å². The Labute approximate surface area is 96.0 Å². The summed E-state index contributed by atoms with van der Waals surface area (Å²) in [5.41, 5.74) is 5.46. The molecular weight excluding hydrogens is 210 g/mol. The molecule has 1 unspecified atom stereocenters. The predicted octanol–water partition coefficient (Wildman–Crippen LogP) is 0.254. The molecule has 0 radical (unpaired) electrons. The van der Waals surface area contributed by atoms with Gasteiger partial charge in [0, 0.05) is 26.1 Å². The van der Waals surface area contributed by atoms with E-state index in [9.17, 15) is 4.79 Å². The molecule has 0 fully saturated rings. The van der Waals surface area contributed by atoms with E-state index in [1.54, 1.807) is 18.9 Å². The van der Waals surface area contributed by atoms with Gasteiger partial charge in [0.15, 0.2) is 0 Å². The summed E-state index contributed by atoms with van der Waals surface area (Å²) in [5.74, 6) is -0.00336. The van der Waals surface area contributed by atoms with Crippen molar-refractivity contribution in [1.82, 2.24) is 4.90 Å². The highest BCUT2D eigenvalue weighted by Gasteiger charge is 2.16. The first-order chi connectivity index (χ1) is 7.56. The molecule has 0 rings (SSSR count). The molecule has 1 atom stereocenters. The number of methoxy groups -OCH3 is 1. The van der Waals surface area contributed by atoms with Gasteiger partial charge in [0.2, 0.25) is 5.91 Å². The van der Waals surface area contributed by atoms with E-state index in [2.05, 4.69) is 5.16 Å². The van der Waals surface area contributed by atoms with Crippen molar-refractivity contribution in [1.29, 1.82) is 0 Å². The third kappa shape index (κ3) is 4.97. The third-order valence-corrected chi connectivity index (χ3v) is 2.37. The smallest absolute Gasteiger partial charge is 0.224 e. The Morgan fingerprint density at radius 1 is 1.62 bits per heavy atom. The SMILES string of the molecule is CCN(CC(C)C(N)=NO)C(=O)CCOC. The van der Waals surface area contributed by atoms with Crippen LogP contribution in [0.5, 0.6) is 0 Å². The number of amides is 1. The lowest BCUT2D eigenvalue weighted by atomic mass is 10.1. The number of oxime groups is 1. The average Bonchev–Trinajstić information content (AvgIpc) is 2.31. The lowest BCUT2D eigenvalue weighted by Gasteiger charge is -2.23. The monoisotopic (exact) mass is 231 g/mol. The van der Waals surface area contributed by atoms with Crippen molar-refractivity contribution < 1.29 is 14.7 Å². The molecule has 0 heterocycles. The number of hydrogen-bond donors (Lipinski definition) is 2. The lowest BCUT2D eigenvalue weighted by molar-refractivity contribution is -0.132. The normalized spacial score (nSPS) is 13.6. The summed E-state index contributed by atoms with van der Waals surface area (Å²) in [6.45, 7) is 5.17. The molecule has 6 heteroatoms. The first kappa shape index (κ1) is 14.7. The molecule has 6 nitrogen and oxygen atoms in total. The van der Waals surface area contributed by atoms with Crippen LogP contribution < -0.4 is 5.73 Å². The predicted molar refractivity (Wildman–Crippen MR) is 61.3 cm³/mol. The van der Waals surface area contributed by atoms with Crippen LogP contribution in [0.4, 0.5) is 0 Å². The Balaban J connectivity index is 4.23. The van der Waals surface area contributed by atoms with E-state index in [0.29, 0.717) is 26.1 Å². The van der Waals surface area contributed by atoms with Crippen LogP contribution in [-0.4, -0.2) is 48.7 Å². The Kier molecular flexibility index (Phi) is 7.28. The molecule has 0 spiro atoms. The fourth-order valence-electron chi connectivity index (χ4n) is 1.28. The van der Waals surface area contributed by atoms with Gasteiger partial charge in [-0.1, -0.05) is 12.1 Å². The minimum Gasteiger partial charge on any atom is -0.409 e. The molecule has 0 aromatic heterocycles. The van der Waals surface area contributed by atoms with Crippen molar-refractivity contribution in [3.8, 4) is 0 Å². The molecule has 0 bridgehead atoms. The van der Waals surface area contributed by atoms with Crippen molar-refractivity contribution in [3.05, 3.63) is 0 Å². The molecule has 94 valence electrons. The van der Waals surface area contributed by atoms with Crippen LogP contribution in [0.1, 0.15) is 20.3 Å². The molecule has 3 N–H and O–H groups in total. The van der Waals surface area contributed by atoms with Gasteiger partial charge in [-0.3, -0.25) is 4.79 Å². The van der Waals surface area contributed by atoms with E-state index in [4.69, 9.17) is 15.7 Å². The van der Waals surface area contributed by atoms with Crippen LogP contribution in [0, 0.1) is 5.92 Å². The van der Waals surface area contributed by atoms with Crippen molar-refractivity contribution in [2.75, 3.05) is 26.8 Å². The maximum Gasteiger partial charge on any atom is 0.224 e. The number of amidine groups is 1. The fraction of sp³-hybridized carbons (Fsp3) is 0.800. The Bertz CT molecular complexity index is 243. The van der Waals surface area contributed by atoms with E-state index >= 15 is 0 Å². The van der Waals surface area contributed by atoms with Crippen molar-refractivity contribution in [3.63, 3.8) is 0 Å². The zero-order chi connectivity index (χ0) is 12.6. The number of carbonyl (C=O) groups is 1. The highest BCUT2D eigenvalue weighted by atomic mass is 16.5. The molecule has 1 amide bonds. The molecule has 0 aromatic carbocycles. The summed E-state index contributed by atoms with van der Waals surface area (Å²) in [6.07, 6.45) is 0.354. The van der Waals surface area contributed by atoms with Crippen LogP contribution in [0.2, 0.25) is 0 Å². The van der Waals surface area contributed by atoms with Gasteiger partial charge in [0.05, 0.1) is 13.0 Å². The fourth-order valence-corrected chi connectivity index (χ4v) is 1.28. The maximum atomic E-state index is 11.7. The largest absolute Gasteiger partial charge is 0.409 e. The van der Waals surface area contributed by atoms with Gasteiger partial charge < -0.3 is 20.6 Å². The number of rotatable bonds is 7. The molecular formula is C10H21N3O3. The van der Waals surface area contributed by atoms with Crippen molar-refractivity contribution in [2.45, 2.75) is 20.3 Å². The van der Waals surface area contributed by atoms with Crippen LogP contribution in [-0.2, 0) is 9.53 Å². The second-order valence-electron chi connectivity index (χ2n) is 3.60. The second kappa shape index (κ2) is 7.92. The molecule has 0 aliphatic carbocycles. The Morgan fingerprint density at radius 3 is 2.69 bits per heavy atom. The summed E-state index contributed by atoms with van der Waals surface area (Å²) >= 11 is 0. The molecule has 0 aromatic rings. The van der Waals surface area contributed by atoms with E-state index in [-0.39, 0.29) is 17.7 Å². The number of ether oxygens (including phenoxy) is 1. The first-order valence-corrected chi connectivity index (χ1v) is 5.30. The maximum absolute atomic E-state index is 11.7. The van der Waals surface area contributed by atoms with Gasteiger partial charge in [-0.15, -0.1) is 0 Å². The van der Waals surface area contributed by atoms with Crippen molar-refractivity contribution >= 4 is 11.7 Å². The minimum atomic E-state index is -0.156. The van der Waals surface area contributed by atoms with Crippen LogP contribution in [0.15, 0.2) is 5.16 Å². The standard InChI is InChI=1S/C10H21N3O3/c1-4-13(9(14)5-6-16-3)7-8(2)10(11)12-15/h8,15H,4-7H2,1-3H3,(H2,11,12). The molecule has 0 saturated heterocycles. The summed E-state index contributed by atoms with van der Waals surface area (Å²) in [5, 5.41) is 11.4. The second-order valence-corrected chi connectivity index (χ2v) is 3.60. The van der Waals surface area contributed by atoms with Gasteiger partial charge in [0.25, 0.3) is 0 Å². The van der Waals surface area contributed by atoms with E-state index < -0.39 is 0 Å². The molecule has 0 saturated carbocycles. The third-order valence-electron chi connectivity index (χ3n) is 2.37. The van der Waals surface area contributed by atoms with Gasteiger partial charge in [0.1, 0.15) is 5.84 Å². The zero-order valence-electron chi connectivity index (χ0n) is 10.1. The van der Waals surface area contributed by atoms with E-state index in [0.717, 1.165) is 0 Å². The number of nitrogens with zero attached hydrogens (tertiary/aromatic N) is 2. The van der Waals surface area contributed by atoms with Crippen LogP contribution in [0.3, 0.4) is 0 Å². The van der Waals surface area contributed by atoms with Gasteiger partial charge >= 0.3 is 0 Å². The Hall–Kier alpha value is -1.30. The summed E-state index contributed by atoms with van der Waals surface area (Å²) in [7, 11) is 1.56. The molecule has 16 heavy (non-hydrogen) atoms. The minimum absolute atomic E-state index is 0.0157. The quantitative estimate of drug-likeness (QED) is 0.284. The molecule has 0 aliphatic rings. The van der Waals surface area contributed by atoms with Gasteiger partial charge in [-0.2, -0.15) is 0 Å².